The van der Waals surface area contributed by atoms with Crippen LogP contribution in [0, 0.1) is 0 Å². The summed E-state index contributed by atoms with van der Waals surface area (Å²) in [5, 5.41) is 4.38. The molecule has 3 aromatic carbocycles. The van der Waals surface area contributed by atoms with E-state index in [1.807, 2.05) is 48.7 Å². The molecule has 8 heteroatoms. The largest absolute Gasteiger partial charge is 0.497 e. The van der Waals surface area contributed by atoms with Gasteiger partial charge >= 0.3 is 0 Å². The molecule has 0 bridgehead atoms. The Morgan fingerprint density at radius 1 is 1.09 bits per heavy atom. The quantitative estimate of drug-likeness (QED) is 0.335. The summed E-state index contributed by atoms with van der Waals surface area (Å²) >= 11 is 5.92. The maximum absolute atomic E-state index is 12.6. The number of primary amides is 1. The molecule has 174 valence electrons. The summed E-state index contributed by atoms with van der Waals surface area (Å²) in [6.45, 7) is 0.0742. The molecule has 4 rings (SSSR count). The Labute approximate surface area is 201 Å². The molecule has 4 N–H and O–H groups in total. The lowest BCUT2D eigenvalue weighted by Gasteiger charge is -2.19. The molecule has 0 radical (unpaired) electrons. The van der Waals surface area contributed by atoms with Crippen molar-refractivity contribution in [3.05, 3.63) is 94.6 Å². The molecular formula is C26H24ClN3O4. The predicted octanol–water partition coefficient (Wildman–Crippen LogP) is 4.26. The molecule has 1 aromatic heterocycles. The molecule has 0 aliphatic rings. The van der Waals surface area contributed by atoms with E-state index in [0.29, 0.717) is 11.6 Å². The van der Waals surface area contributed by atoms with Crippen LogP contribution in [0.15, 0.2) is 72.9 Å². The Balaban J connectivity index is 1.51. The highest BCUT2D eigenvalue weighted by Gasteiger charge is 2.20. The van der Waals surface area contributed by atoms with Crippen molar-refractivity contribution in [3.63, 3.8) is 0 Å². The number of nitrogens with two attached hydrogens (primary N) is 1. The number of amides is 2. The molecule has 1 atom stereocenters. The van der Waals surface area contributed by atoms with Crippen molar-refractivity contribution in [2.75, 3.05) is 20.3 Å². The van der Waals surface area contributed by atoms with Gasteiger partial charge in [-0.15, -0.1) is 0 Å². The van der Waals surface area contributed by atoms with Crippen molar-refractivity contribution in [3.8, 4) is 11.5 Å². The topological polar surface area (TPSA) is 106 Å². The molecule has 1 unspecified atom stereocenters. The lowest BCUT2D eigenvalue weighted by Crippen LogP contribution is -2.33. The molecule has 0 spiro atoms. The number of methoxy groups -OCH3 is 1. The average Bonchev–Trinajstić information content (AvgIpc) is 3.27. The first-order valence-electron chi connectivity index (χ1n) is 10.6. The Morgan fingerprint density at radius 2 is 1.85 bits per heavy atom. The van der Waals surface area contributed by atoms with Crippen molar-refractivity contribution in [1.29, 1.82) is 0 Å². The number of aromatic nitrogens is 1. The monoisotopic (exact) mass is 477 g/mol. The number of ether oxygens (including phenoxy) is 2. The zero-order chi connectivity index (χ0) is 24.1. The van der Waals surface area contributed by atoms with Crippen LogP contribution < -0.4 is 20.5 Å². The smallest absolute Gasteiger partial charge is 0.257 e. The van der Waals surface area contributed by atoms with Crippen molar-refractivity contribution >= 4 is 34.3 Å². The van der Waals surface area contributed by atoms with Crippen LogP contribution in [0.1, 0.15) is 27.4 Å². The summed E-state index contributed by atoms with van der Waals surface area (Å²) in [7, 11) is 1.62. The number of halogens is 1. The highest BCUT2D eigenvalue weighted by Crippen LogP contribution is 2.31. The van der Waals surface area contributed by atoms with E-state index in [0.717, 1.165) is 27.8 Å². The molecule has 1 heterocycles. The summed E-state index contributed by atoms with van der Waals surface area (Å²) in [6.07, 6.45) is 1.97. The third-order valence-electron chi connectivity index (χ3n) is 5.58. The molecule has 2 amide bonds. The van der Waals surface area contributed by atoms with Crippen molar-refractivity contribution < 1.29 is 19.1 Å². The minimum atomic E-state index is -0.684. The number of benzene rings is 3. The Morgan fingerprint density at radius 3 is 2.59 bits per heavy atom. The minimum absolute atomic E-state index is 0.109. The van der Waals surface area contributed by atoms with Gasteiger partial charge in [0.2, 0.25) is 0 Å². The van der Waals surface area contributed by atoms with Gasteiger partial charge in [-0.05, 0) is 47.5 Å². The van der Waals surface area contributed by atoms with E-state index in [-0.39, 0.29) is 29.7 Å². The van der Waals surface area contributed by atoms with Crippen molar-refractivity contribution in [1.82, 2.24) is 10.3 Å². The van der Waals surface area contributed by atoms with E-state index in [9.17, 15) is 9.59 Å². The van der Waals surface area contributed by atoms with Gasteiger partial charge in [0.05, 0.1) is 12.7 Å². The standard InChI is InChI=1S/C26H24ClN3O4/c1-33-18-9-6-16(7-10-18)21(22-14-29-23-5-3-2-4-19(22)23)13-30-25(31)15-34-24-11-8-17(27)12-20(24)26(28)32/h2-12,14,21,29H,13,15H2,1H3,(H2,28,32)(H,30,31). The molecule has 0 fully saturated rings. The van der Waals surface area contributed by atoms with Crippen LogP contribution in [0.5, 0.6) is 11.5 Å². The number of fused-ring (bicyclic) bond motifs is 1. The highest BCUT2D eigenvalue weighted by atomic mass is 35.5. The number of aromatic amines is 1. The van der Waals surface area contributed by atoms with Crippen LogP contribution in [0.3, 0.4) is 0 Å². The van der Waals surface area contributed by atoms with Crippen LogP contribution in [-0.2, 0) is 4.79 Å². The maximum atomic E-state index is 12.6. The zero-order valence-electron chi connectivity index (χ0n) is 18.5. The van der Waals surface area contributed by atoms with E-state index in [1.165, 1.54) is 12.1 Å². The summed E-state index contributed by atoms with van der Waals surface area (Å²) < 4.78 is 10.8. The minimum Gasteiger partial charge on any atom is -0.497 e. The number of carbonyl (C=O) groups excluding carboxylic acids is 2. The van der Waals surface area contributed by atoms with E-state index in [1.54, 1.807) is 13.2 Å². The molecule has 34 heavy (non-hydrogen) atoms. The Kier molecular flexibility index (Phi) is 7.04. The van der Waals surface area contributed by atoms with Gasteiger partial charge in [-0.25, -0.2) is 0 Å². The van der Waals surface area contributed by atoms with Gasteiger partial charge in [-0.3, -0.25) is 9.59 Å². The molecule has 4 aromatic rings. The van der Waals surface area contributed by atoms with Crippen LogP contribution in [0.2, 0.25) is 5.02 Å². The van der Waals surface area contributed by atoms with Gasteiger partial charge in [-0.1, -0.05) is 41.9 Å². The fourth-order valence-electron chi connectivity index (χ4n) is 3.86. The first kappa shape index (κ1) is 23.2. The SMILES string of the molecule is COc1ccc(C(CNC(=O)COc2ccc(Cl)cc2C(N)=O)c2c[nH]c3ccccc23)cc1. The second-order valence-electron chi connectivity index (χ2n) is 7.71. The molecule has 0 aliphatic carbocycles. The fourth-order valence-corrected chi connectivity index (χ4v) is 4.03. The number of rotatable bonds is 9. The Hall–Kier alpha value is -3.97. The molecule has 0 aliphatic heterocycles. The number of hydrogen-bond acceptors (Lipinski definition) is 4. The number of H-pyrrole nitrogens is 1. The van der Waals surface area contributed by atoms with E-state index >= 15 is 0 Å². The van der Waals surface area contributed by atoms with Gasteiger partial charge in [0, 0.05) is 34.6 Å². The molecule has 0 saturated heterocycles. The number of carbonyl (C=O) groups is 2. The first-order valence-corrected chi connectivity index (χ1v) is 11.0. The summed E-state index contributed by atoms with van der Waals surface area (Å²) in [6, 6.07) is 20.3. The molecule has 7 nitrogen and oxygen atoms in total. The average molecular weight is 478 g/mol. The number of nitrogens with one attached hydrogen (secondary N) is 2. The van der Waals surface area contributed by atoms with E-state index < -0.39 is 5.91 Å². The van der Waals surface area contributed by atoms with Gasteiger partial charge in [0.15, 0.2) is 6.61 Å². The van der Waals surface area contributed by atoms with Crippen LogP contribution in [0.25, 0.3) is 10.9 Å². The van der Waals surface area contributed by atoms with Crippen LogP contribution in [0.4, 0.5) is 0 Å². The maximum Gasteiger partial charge on any atom is 0.257 e. The third-order valence-corrected chi connectivity index (χ3v) is 5.82. The first-order chi connectivity index (χ1) is 16.5. The normalized spacial score (nSPS) is 11.7. The summed E-state index contributed by atoms with van der Waals surface area (Å²) in [5.41, 5.74) is 8.62. The van der Waals surface area contributed by atoms with Gasteiger partial charge in [0.1, 0.15) is 11.5 Å². The fraction of sp³-hybridized carbons (Fsp3) is 0.154. The Bertz CT molecular complexity index is 1320. The van der Waals surface area contributed by atoms with E-state index in [2.05, 4.69) is 16.4 Å². The zero-order valence-corrected chi connectivity index (χ0v) is 19.3. The van der Waals surface area contributed by atoms with Gasteiger partial charge < -0.3 is 25.5 Å². The molecule has 0 saturated carbocycles. The van der Waals surface area contributed by atoms with Crippen LogP contribution >= 0.6 is 11.6 Å². The van der Waals surface area contributed by atoms with Crippen LogP contribution in [-0.4, -0.2) is 37.1 Å². The van der Waals surface area contributed by atoms with Gasteiger partial charge in [-0.2, -0.15) is 0 Å². The predicted molar refractivity (Wildman–Crippen MR) is 132 cm³/mol. The lowest BCUT2D eigenvalue weighted by molar-refractivity contribution is -0.123. The second-order valence-corrected chi connectivity index (χ2v) is 8.15. The number of hydrogen-bond donors (Lipinski definition) is 3. The van der Waals surface area contributed by atoms with Crippen molar-refractivity contribution in [2.24, 2.45) is 5.73 Å². The number of para-hydroxylation sites is 1. The summed E-state index contributed by atoms with van der Waals surface area (Å²) in [4.78, 5) is 27.6. The van der Waals surface area contributed by atoms with Gasteiger partial charge in [0.25, 0.3) is 11.8 Å². The molecular weight excluding hydrogens is 454 g/mol. The van der Waals surface area contributed by atoms with Crippen molar-refractivity contribution in [2.45, 2.75) is 5.92 Å². The highest BCUT2D eigenvalue weighted by molar-refractivity contribution is 6.31. The lowest BCUT2D eigenvalue weighted by atomic mass is 9.91. The van der Waals surface area contributed by atoms with E-state index in [4.69, 9.17) is 26.8 Å². The third kappa shape index (κ3) is 5.15. The second kappa shape index (κ2) is 10.3. The summed E-state index contributed by atoms with van der Waals surface area (Å²) in [5.74, 6) is -0.161.